The van der Waals surface area contributed by atoms with Crippen molar-refractivity contribution in [3.63, 3.8) is 0 Å². The number of halogens is 1. The first-order valence-corrected chi connectivity index (χ1v) is 9.15. The summed E-state index contributed by atoms with van der Waals surface area (Å²) >= 11 is 0. The Labute approximate surface area is 167 Å². The van der Waals surface area contributed by atoms with Crippen molar-refractivity contribution in [2.75, 3.05) is 49.5 Å². The molecule has 2 aliphatic rings. The third-order valence-electron chi connectivity index (χ3n) is 5.22. The average Bonchev–Trinajstić information content (AvgIpc) is 3.14. The number of aromatic nitrogens is 5. The molecule has 0 aliphatic carbocycles. The maximum absolute atomic E-state index is 12.6. The van der Waals surface area contributed by atoms with Crippen molar-refractivity contribution in [1.82, 2.24) is 29.4 Å². The lowest BCUT2D eigenvalue weighted by Crippen LogP contribution is -2.49. The molecule has 3 aromatic heterocycles. The number of anilines is 2. The second-order valence-electron chi connectivity index (χ2n) is 6.86. The molecule has 0 amide bonds. The summed E-state index contributed by atoms with van der Waals surface area (Å²) in [5.74, 6) is 1.56. The summed E-state index contributed by atoms with van der Waals surface area (Å²) in [6, 6.07) is 5.51. The van der Waals surface area contributed by atoms with Crippen LogP contribution in [-0.2, 0) is 0 Å². The molecule has 0 aromatic carbocycles. The van der Waals surface area contributed by atoms with Crippen molar-refractivity contribution >= 4 is 35.2 Å². The van der Waals surface area contributed by atoms with Crippen LogP contribution in [-0.4, -0.2) is 68.7 Å². The molecule has 2 aliphatic heterocycles. The van der Waals surface area contributed by atoms with Crippen LogP contribution in [0.3, 0.4) is 0 Å². The number of rotatable bonds is 3. The first kappa shape index (κ1) is 18.6. The fraction of sp³-hybridized carbons (Fsp3) is 0.389. The Morgan fingerprint density at radius 2 is 1.79 bits per heavy atom. The molecule has 146 valence electrons. The summed E-state index contributed by atoms with van der Waals surface area (Å²) in [7, 11) is 0. The molecule has 1 fully saturated rings. The van der Waals surface area contributed by atoms with Crippen LogP contribution in [0.4, 0.5) is 11.8 Å². The number of nitrogens with one attached hydrogen (secondary N) is 1. The minimum absolute atomic E-state index is 0. The molecule has 0 radical (unpaired) electrons. The summed E-state index contributed by atoms with van der Waals surface area (Å²) in [5.41, 5.74) is 1.18. The van der Waals surface area contributed by atoms with Gasteiger partial charge in [0.25, 0.3) is 0 Å². The SMILES string of the molecule is Cl.O=c1nc2cccnc2c2n1C(CN1CCN(c3ncccn3)CC1)CN2. The molecule has 10 heteroatoms. The fourth-order valence-corrected chi connectivity index (χ4v) is 3.88. The standard InChI is InChI=1S/C18H20N8O.ClH/c27-18-23-14-3-1-4-19-15(14)16-22-11-13(26(16)18)12-24-7-9-25(10-8-24)17-20-5-2-6-21-17;/h1-6,13,22H,7-12H2;1H. The highest BCUT2D eigenvalue weighted by atomic mass is 35.5. The van der Waals surface area contributed by atoms with Gasteiger partial charge in [-0.25, -0.2) is 14.8 Å². The lowest BCUT2D eigenvalue weighted by molar-refractivity contribution is 0.225. The van der Waals surface area contributed by atoms with Gasteiger partial charge >= 0.3 is 5.69 Å². The van der Waals surface area contributed by atoms with Crippen LogP contribution in [0.15, 0.2) is 41.6 Å². The summed E-state index contributed by atoms with van der Waals surface area (Å²) in [4.78, 5) is 34.4. The van der Waals surface area contributed by atoms with Crippen molar-refractivity contribution in [2.24, 2.45) is 0 Å². The first-order valence-electron chi connectivity index (χ1n) is 9.15. The van der Waals surface area contributed by atoms with E-state index in [4.69, 9.17) is 0 Å². The molecule has 5 rings (SSSR count). The van der Waals surface area contributed by atoms with Gasteiger partial charge in [0.05, 0.1) is 11.6 Å². The van der Waals surface area contributed by atoms with Gasteiger partial charge in [-0.15, -0.1) is 12.4 Å². The van der Waals surface area contributed by atoms with Gasteiger partial charge in [0.2, 0.25) is 5.95 Å². The highest BCUT2D eigenvalue weighted by Gasteiger charge is 2.29. The van der Waals surface area contributed by atoms with Crippen LogP contribution in [0, 0.1) is 0 Å². The molecular weight excluding hydrogens is 380 g/mol. The van der Waals surface area contributed by atoms with E-state index in [2.05, 4.69) is 35.1 Å². The quantitative estimate of drug-likeness (QED) is 0.690. The molecule has 28 heavy (non-hydrogen) atoms. The molecule has 1 atom stereocenters. The number of hydrogen-bond donors (Lipinski definition) is 1. The van der Waals surface area contributed by atoms with Gasteiger partial charge in [-0.3, -0.25) is 14.5 Å². The molecule has 0 saturated carbocycles. The van der Waals surface area contributed by atoms with E-state index in [0.717, 1.165) is 50.0 Å². The largest absolute Gasteiger partial charge is 0.367 e. The van der Waals surface area contributed by atoms with E-state index in [1.807, 2.05) is 12.1 Å². The van der Waals surface area contributed by atoms with Gasteiger partial charge in [0.1, 0.15) is 11.3 Å². The van der Waals surface area contributed by atoms with E-state index < -0.39 is 0 Å². The van der Waals surface area contributed by atoms with Crippen LogP contribution < -0.4 is 15.9 Å². The zero-order chi connectivity index (χ0) is 18.2. The fourth-order valence-electron chi connectivity index (χ4n) is 3.88. The van der Waals surface area contributed by atoms with Gasteiger partial charge in [0, 0.05) is 57.9 Å². The highest BCUT2D eigenvalue weighted by Crippen LogP contribution is 2.27. The van der Waals surface area contributed by atoms with E-state index in [9.17, 15) is 4.79 Å². The van der Waals surface area contributed by atoms with Crippen LogP contribution in [0.2, 0.25) is 0 Å². The van der Waals surface area contributed by atoms with E-state index >= 15 is 0 Å². The number of piperazine rings is 1. The highest BCUT2D eigenvalue weighted by molar-refractivity contribution is 5.86. The first-order chi connectivity index (χ1) is 13.3. The summed E-state index contributed by atoms with van der Waals surface area (Å²) in [6.45, 7) is 5.11. The lowest BCUT2D eigenvalue weighted by Gasteiger charge is -2.35. The minimum atomic E-state index is -0.211. The minimum Gasteiger partial charge on any atom is -0.367 e. The van der Waals surface area contributed by atoms with Crippen LogP contribution >= 0.6 is 12.4 Å². The topological polar surface area (TPSA) is 92.1 Å². The Kier molecular flexibility index (Phi) is 5.10. The number of pyridine rings is 1. The van der Waals surface area contributed by atoms with E-state index in [1.165, 1.54) is 0 Å². The zero-order valence-corrected chi connectivity index (χ0v) is 16.0. The Hall–Kier alpha value is -2.78. The van der Waals surface area contributed by atoms with Crippen molar-refractivity contribution in [2.45, 2.75) is 6.04 Å². The van der Waals surface area contributed by atoms with Crippen molar-refractivity contribution in [3.05, 3.63) is 47.3 Å². The van der Waals surface area contributed by atoms with E-state index in [-0.39, 0.29) is 24.1 Å². The van der Waals surface area contributed by atoms with Gasteiger partial charge in [-0.2, -0.15) is 4.98 Å². The molecule has 5 heterocycles. The van der Waals surface area contributed by atoms with Crippen LogP contribution in [0.1, 0.15) is 6.04 Å². The van der Waals surface area contributed by atoms with E-state index in [0.29, 0.717) is 12.1 Å². The molecular formula is C18H21ClN8O. The predicted octanol–water partition coefficient (Wildman–Crippen LogP) is 0.792. The third-order valence-corrected chi connectivity index (χ3v) is 5.22. The smallest absolute Gasteiger partial charge is 0.350 e. The molecule has 9 nitrogen and oxygen atoms in total. The number of hydrogen-bond acceptors (Lipinski definition) is 8. The second kappa shape index (κ2) is 7.69. The Morgan fingerprint density at radius 3 is 2.57 bits per heavy atom. The average molecular weight is 401 g/mol. The maximum atomic E-state index is 12.6. The zero-order valence-electron chi connectivity index (χ0n) is 15.2. The lowest BCUT2D eigenvalue weighted by atomic mass is 10.2. The summed E-state index contributed by atoms with van der Waals surface area (Å²) in [6.07, 6.45) is 5.27. The van der Waals surface area contributed by atoms with Crippen molar-refractivity contribution < 1.29 is 0 Å². The second-order valence-corrected chi connectivity index (χ2v) is 6.86. The van der Waals surface area contributed by atoms with Crippen LogP contribution in [0.5, 0.6) is 0 Å². The van der Waals surface area contributed by atoms with Crippen molar-refractivity contribution in [1.29, 1.82) is 0 Å². The van der Waals surface area contributed by atoms with Gasteiger partial charge in [-0.1, -0.05) is 0 Å². The number of fused-ring (bicyclic) bond motifs is 3. The Balaban J connectivity index is 0.00000192. The Bertz CT molecular complexity index is 1020. The molecule has 1 N–H and O–H groups in total. The van der Waals surface area contributed by atoms with Gasteiger partial charge < -0.3 is 10.2 Å². The molecule has 1 unspecified atom stereocenters. The predicted molar refractivity (Wildman–Crippen MR) is 109 cm³/mol. The van der Waals surface area contributed by atoms with E-state index in [1.54, 1.807) is 29.2 Å². The van der Waals surface area contributed by atoms with Crippen LogP contribution in [0.25, 0.3) is 11.0 Å². The molecule has 0 bridgehead atoms. The summed E-state index contributed by atoms with van der Waals surface area (Å²) < 4.78 is 1.77. The van der Waals surface area contributed by atoms with Gasteiger partial charge in [0.15, 0.2) is 0 Å². The van der Waals surface area contributed by atoms with Gasteiger partial charge in [-0.05, 0) is 18.2 Å². The Morgan fingerprint density at radius 1 is 1.04 bits per heavy atom. The number of nitrogens with zero attached hydrogens (tertiary/aromatic N) is 7. The third kappa shape index (κ3) is 3.27. The molecule has 3 aromatic rings. The normalized spacial score (nSPS) is 19.1. The summed E-state index contributed by atoms with van der Waals surface area (Å²) in [5, 5.41) is 3.36. The van der Waals surface area contributed by atoms with Crippen molar-refractivity contribution in [3.8, 4) is 0 Å². The molecule has 1 saturated heterocycles. The maximum Gasteiger partial charge on any atom is 0.350 e. The monoisotopic (exact) mass is 400 g/mol. The molecule has 0 spiro atoms.